The summed E-state index contributed by atoms with van der Waals surface area (Å²) < 4.78 is 5.37. The van der Waals surface area contributed by atoms with Crippen molar-refractivity contribution in [3.63, 3.8) is 0 Å². The number of rotatable bonds is 7. The third-order valence-corrected chi connectivity index (χ3v) is 7.10. The molecule has 9 heteroatoms. The van der Waals surface area contributed by atoms with Crippen LogP contribution in [0.1, 0.15) is 37.5 Å². The van der Waals surface area contributed by atoms with Crippen molar-refractivity contribution in [2.75, 3.05) is 58.8 Å². The lowest BCUT2D eigenvalue weighted by molar-refractivity contribution is -0.110. The first-order valence-electron chi connectivity index (χ1n) is 13.1. The van der Waals surface area contributed by atoms with Crippen LogP contribution in [0.25, 0.3) is 22.8 Å². The van der Waals surface area contributed by atoms with Gasteiger partial charge < -0.3 is 30.2 Å². The fraction of sp³-hybridized carbons (Fsp3) is 0.300. The van der Waals surface area contributed by atoms with E-state index in [-0.39, 0.29) is 17.7 Å². The number of hydrogen-bond acceptors (Lipinski definition) is 5. The molecule has 1 fully saturated rings. The highest BCUT2D eigenvalue weighted by atomic mass is 16.5. The van der Waals surface area contributed by atoms with E-state index in [0.717, 1.165) is 28.8 Å². The van der Waals surface area contributed by atoms with E-state index in [1.54, 1.807) is 23.2 Å². The highest BCUT2D eigenvalue weighted by Crippen LogP contribution is 2.40. The molecule has 39 heavy (non-hydrogen) atoms. The van der Waals surface area contributed by atoms with Gasteiger partial charge in [-0.05, 0) is 62.0 Å². The average molecular weight is 528 g/mol. The molecular formula is C30H33N5O4. The quantitative estimate of drug-likeness (QED) is 0.409. The average Bonchev–Trinajstić information content (AvgIpc) is 3.47. The number of aromatic nitrogens is 1. The van der Waals surface area contributed by atoms with Crippen LogP contribution in [0.5, 0.6) is 0 Å². The zero-order valence-electron chi connectivity index (χ0n) is 22.5. The lowest BCUT2D eigenvalue weighted by atomic mass is 9.93. The van der Waals surface area contributed by atoms with Gasteiger partial charge in [-0.3, -0.25) is 14.4 Å². The summed E-state index contributed by atoms with van der Waals surface area (Å²) in [6, 6.07) is 13.1. The van der Waals surface area contributed by atoms with E-state index in [4.69, 9.17) is 4.74 Å². The van der Waals surface area contributed by atoms with Crippen LogP contribution in [-0.4, -0.2) is 86.0 Å². The Bertz CT molecular complexity index is 1450. The van der Waals surface area contributed by atoms with Crippen molar-refractivity contribution in [1.29, 1.82) is 0 Å². The fourth-order valence-electron chi connectivity index (χ4n) is 4.92. The van der Waals surface area contributed by atoms with Crippen LogP contribution in [0.2, 0.25) is 0 Å². The highest BCUT2D eigenvalue weighted by molar-refractivity contribution is 6.36. The zero-order chi connectivity index (χ0) is 27.5. The number of nitrogens with one attached hydrogen (secondary N) is 3. The van der Waals surface area contributed by atoms with Crippen LogP contribution in [0.3, 0.4) is 0 Å². The Morgan fingerprint density at radius 1 is 1.13 bits per heavy atom. The molecule has 0 bridgehead atoms. The second kappa shape index (κ2) is 11.3. The number of likely N-dealkylation sites (N-methyl/N-ethyl adjacent to an activating group) is 1. The summed E-state index contributed by atoms with van der Waals surface area (Å²) in [6.45, 7) is 5.37. The smallest absolute Gasteiger partial charge is 0.256 e. The molecule has 3 aromatic rings. The number of nitrogens with zero attached hydrogens (tertiary/aromatic N) is 2. The summed E-state index contributed by atoms with van der Waals surface area (Å²) in [7, 11) is 3.92. The minimum Gasteiger partial charge on any atom is -0.378 e. The first-order chi connectivity index (χ1) is 18.8. The predicted octanol–water partition coefficient (Wildman–Crippen LogP) is 3.25. The SMILES string of the molecule is Cc1c(C(=O)N2CCOCC2)c[nH]c1C=C1C(=O)Nc2cccc(-c3cccc(C(=O)NCCN(C)C)c3)c21. The third-order valence-electron chi connectivity index (χ3n) is 7.10. The van der Waals surface area contributed by atoms with E-state index in [9.17, 15) is 14.4 Å². The van der Waals surface area contributed by atoms with Gasteiger partial charge in [0.15, 0.2) is 0 Å². The number of morpholine rings is 1. The van der Waals surface area contributed by atoms with Crippen molar-refractivity contribution in [2.24, 2.45) is 0 Å². The van der Waals surface area contributed by atoms with Crippen LogP contribution < -0.4 is 10.6 Å². The first-order valence-corrected chi connectivity index (χ1v) is 13.1. The molecule has 1 aromatic heterocycles. The van der Waals surface area contributed by atoms with Crippen molar-refractivity contribution >= 4 is 35.1 Å². The molecule has 0 saturated carbocycles. The lowest BCUT2D eigenvalue weighted by Gasteiger charge is -2.26. The molecular weight excluding hydrogens is 494 g/mol. The van der Waals surface area contributed by atoms with Crippen LogP contribution in [0.15, 0.2) is 48.7 Å². The molecule has 0 spiro atoms. The van der Waals surface area contributed by atoms with E-state index in [0.29, 0.717) is 60.9 Å². The Kier molecular flexibility index (Phi) is 7.63. The molecule has 2 aliphatic heterocycles. The van der Waals surface area contributed by atoms with Gasteiger partial charge in [-0.2, -0.15) is 0 Å². The van der Waals surface area contributed by atoms with E-state index in [1.165, 1.54) is 0 Å². The van der Waals surface area contributed by atoms with Gasteiger partial charge >= 0.3 is 0 Å². The molecule has 2 aliphatic rings. The Balaban J connectivity index is 1.46. The Hall–Kier alpha value is -4.21. The van der Waals surface area contributed by atoms with Gasteiger partial charge in [0.05, 0.1) is 24.4 Å². The number of benzene rings is 2. The molecule has 202 valence electrons. The summed E-state index contributed by atoms with van der Waals surface area (Å²) in [5.74, 6) is -0.407. The molecule has 9 nitrogen and oxygen atoms in total. The summed E-state index contributed by atoms with van der Waals surface area (Å²) in [5.41, 5.74) is 6.28. The predicted molar refractivity (Wildman–Crippen MR) is 152 cm³/mol. The lowest BCUT2D eigenvalue weighted by Crippen LogP contribution is -2.40. The number of anilines is 1. The monoisotopic (exact) mass is 527 g/mol. The second-order valence-electron chi connectivity index (χ2n) is 10.0. The molecule has 3 heterocycles. The Morgan fingerprint density at radius 3 is 2.67 bits per heavy atom. The van der Waals surface area contributed by atoms with Crippen LogP contribution >= 0.6 is 0 Å². The molecule has 3 N–H and O–H groups in total. The third kappa shape index (κ3) is 5.50. The molecule has 1 saturated heterocycles. The molecule has 5 rings (SSSR count). The second-order valence-corrected chi connectivity index (χ2v) is 10.0. The molecule has 0 radical (unpaired) electrons. The van der Waals surface area contributed by atoms with Gasteiger partial charge in [-0.15, -0.1) is 0 Å². The molecule has 3 amide bonds. The number of ether oxygens (including phenoxy) is 1. The topological polar surface area (TPSA) is 107 Å². The van der Waals surface area contributed by atoms with Gasteiger partial charge in [0.1, 0.15) is 0 Å². The van der Waals surface area contributed by atoms with Crippen LogP contribution in [0.4, 0.5) is 5.69 Å². The highest BCUT2D eigenvalue weighted by Gasteiger charge is 2.29. The van der Waals surface area contributed by atoms with Gasteiger partial charge in [-0.25, -0.2) is 0 Å². The van der Waals surface area contributed by atoms with Crippen LogP contribution in [-0.2, 0) is 9.53 Å². The van der Waals surface area contributed by atoms with Crippen molar-refractivity contribution in [2.45, 2.75) is 6.92 Å². The molecule has 0 unspecified atom stereocenters. The van der Waals surface area contributed by atoms with Gasteiger partial charge in [0.2, 0.25) is 0 Å². The molecule has 2 aromatic carbocycles. The number of H-pyrrole nitrogens is 1. The summed E-state index contributed by atoms with van der Waals surface area (Å²) in [5, 5.41) is 5.91. The molecule has 0 atom stereocenters. The standard InChI is InChI=1S/C30H33N5O4/c1-19-24(30(38)35-12-14-39-15-13-35)18-32-26(19)17-23-27-22(8-5-9-25(27)33-29(23)37)20-6-4-7-21(16-20)28(36)31-10-11-34(2)3/h4-9,16-18,32H,10-15H2,1-3H3,(H,31,36)(H,33,37). The van der Waals surface area contributed by atoms with Crippen molar-refractivity contribution in [3.8, 4) is 11.1 Å². The zero-order valence-corrected chi connectivity index (χ0v) is 22.5. The normalized spacial score (nSPS) is 15.9. The Morgan fingerprint density at radius 2 is 1.90 bits per heavy atom. The minimum absolute atomic E-state index is 0.0469. The summed E-state index contributed by atoms with van der Waals surface area (Å²) >= 11 is 0. The maximum absolute atomic E-state index is 13.1. The van der Waals surface area contributed by atoms with Gasteiger partial charge in [-0.1, -0.05) is 24.3 Å². The number of carbonyl (C=O) groups excluding carboxylic acids is 3. The summed E-state index contributed by atoms with van der Waals surface area (Å²) in [4.78, 5) is 45.9. The number of aromatic amines is 1. The fourth-order valence-corrected chi connectivity index (χ4v) is 4.92. The van der Waals surface area contributed by atoms with E-state index >= 15 is 0 Å². The maximum Gasteiger partial charge on any atom is 0.256 e. The number of amides is 3. The van der Waals surface area contributed by atoms with Gasteiger partial charge in [0, 0.05) is 54.9 Å². The van der Waals surface area contributed by atoms with Crippen LogP contribution in [0, 0.1) is 6.92 Å². The van der Waals surface area contributed by atoms with E-state index < -0.39 is 0 Å². The molecule has 0 aliphatic carbocycles. The minimum atomic E-state index is -0.218. The first kappa shape index (κ1) is 26.4. The van der Waals surface area contributed by atoms with Crippen molar-refractivity contribution < 1.29 is 19.1 Å². The largest absolute Gasteiger partial charge is 0.378 e. The Labute approximate surface area is 227 Å². The number of hydrogen-bond donors (Lipinski definition) is 3. The van der Waals surface area contributed by atoms with Crippen molar-refractivity contribution in [1.82, 2.24) is 20.1 Å². The number of fused-ring (bicyclic) bond motifs is 1. The summed E-state index contributed by atoms with van der Waals surface area (Å²) in [6.07, 6.45) is 3.51. The number of carbonyl (C=O) groups is 3. The van der Waals surface area contributed by atoms with E-state index in [1.807, 2.05) is 62.3 Å². The maximum atomic E-state index is 13.1. The van der Waals surface area contributed by atoms with Gasteiger partial charge in [0.25, 0.3) is 17.7 Å². The van der Waals surface area contributed by atoms with E-state index in [2.05, 4.69) is 15.6 Å². The van der Waals surface area contributed by atoms with Crippen molar-refractivity contribution in [3.05, 3.63) is 76.6 Å².